The number of anilines is 1. The Morgan fingerprint density at radius 3 is 2.40 bits per heavy atom. The van der Waals surface area contributed by atoms with Gasteiger partial charge in [-0.2, -0.15) is 5.10 Å². The third-order valence-electron chi connectivity index (χ3n) is 5.52. The van der Waals surface area contributed by atoms with Crippen molar-refractivity contribution < 1.29 is 13.3 Å². The van der Waals surface area contributed by atoms with Crippen LogP contribution in [0.1, 0.15) is 23.6 Å². The molecule has 12 heteroatoms. The predicted molar refractivity (Wildman–Crippen MR) is 138 cm³/mol. The van der Waals surface area contributed by atoms with Crippen LogP contribution in [0.25, 0.3) is 0 Å². The summed E-state index contributed by atoms with van der Waals surface area (Å²) in [7, 11) is -4.03. The van der Waals surface area contributed by atoms with Gasteiger partial charge >= 0.3 is 0 Å². The number of hydrazone groups is 1. The first-order valence-electron chi connectivity index (χ1n) is 10.4. The molecule has 3 aromatic carbocycles. The van der Waals surface area contributed by atoms with Crippen LogP contribution in [0.2, 0.25) is 15.1 Å². The number of non-ortho nitro benzene ring substituents is 1. The molecule has 1 unspecified atom stereocenters. The summed E-state index contributed by atoms with van der Waals surface area (Å²) >= 11 is 18.5. The van der Waals surface area contributed by atoms with Gasteiger partial charge in [-0.1, -0.05) is 53.0 Å². The lowest BCUT2D eigenvalue weighted by molar-refractivity contribution is -0.385. The van der Waals surface area contributed by atoms with Gasteiger partial charge in [0.1, 0.15) is 0 Å². The van der Waals surface area contributed by atoms with E-state index in [1.807, 2.05) is 12.1 Å². The normalized spacial score (nSPS) is 15.8. The number of hydrogen-bond acceptors (Lipinski definition) is 6. The van der Waals surface area contributed by atoms with Crippen LogP contribution in [-0.4, -0.2) is 25.6 Å². The molecule has 1 heterocycles. The van der Waals surface area contributed by atoms with Crippen LogP contribution >= 0.6 is 34.8 Å². The van der Waals surface area contributed by atoms with Crippen molar-refractivity contribution in [3.63, 3.8) is 0 Å². The molecule has 35 heavy (non-hydrogen) atoms. The second-order valence-corrected chi connectivity index (χ2v) is 10.9. The molecule has 0 amide bonds. The van der Waals surface area contributed by atoms with E-state index in [4.69, 9.17) is 34.8 Å². The highest BCUT2D eigenvalue weighted by atomic mass is 35.5. The van der Waals surface area contributed by atoms with Crippen molar-refractivity contribution in [2.24, 2.45) is 5.10 Å². The highest BCUT2D eigenvalue weighted by molar-refractivity contribution is 7.89. The molecule has 0 aliphatic carbocycles. The Morgan fingerprint density at radius 1 is 1.06 bits per heavy atom. The van der Waals surface area contributed by atoms with Crippen molar-refractivity contribution >= 4 is 61.9 Å². The van der Waals surface area contributed by atoms with Gasteiger partial charge in [-0.25, -0.2) is 13.1 Å². The Morgan fingerprint density at radius 2 is 1.74 bits per heavy atom. The second-order valence-electron chi connectivity index (χ2n) is 7.91. The SMILES string of the molecule is Cc1ccc([N+](=O)[O-])cc1S(=O)(=O)NCC1=NN(c2ccc(Cl)cc2Cl)C(c2ccc(Cl)cc2)C1. The van der Waals surface area contributed by atoms with Crippen molar-refractivity contribution in [2.45, 2.75) is 24.3 Å². The standard InChI is InChI=1S/C23H19Cl3N4O4S/c1-14-2-8-19(30(31)32)12-23(14)35(33,34)27-13-18-11-22(15-3-5-16(24)6-4-15)29(28-18)21-9-7-17(25)10-20(21)26/h2-10,12,22,27H,11,13H2,1H3. The van der Waals surface area contributed by atoms with Crippen molar-refractivity contribution in [1.82, 2.24) is 4.72 Å². The molecule has 1 N–H and O–H groups in total. The molecule has 8 nitrogen and oxygen atoms in total. The fourth-order valence-electron chi connectivity index (χ4n) is 3.76. The lowest BCUT2D eigenvalue weighted by atomic mass is 10.0. The first kappa shape index (κ1) is 25.4. The summed E-state index contributed by atoms with van der Waals surface area (Å²) in [6.45, 7) is 1.49. The first-order chi connectivity index (χ1) is 16.5. The lowest BCUT2D eigenvalue weighted by Gasteiger charge is -2.25. The minimum Gasteiger partial charge on any atom is -0.258 e. The quantitative estimate of drug-likeness (QED) is 0.279. The van der Waals surface area contributed by atoms with Crippen LogP contribution in [0.3, 0.4) is 0 Å². The van der Waals surface area contributed by atoms with Gasteiger partial charge in [-0.3, -0.25) is 15.1 Å². The number of nitro groups is 1. The van der Waals surface area contributed by atoms with Crippen LogP contribution < -0.4 is 9.73 Å². The van der Waals surface area contributed by atoms with Crippen LogP contribution in [-0.2, 0) is 10.0 Å². The highest BCUT2D eigenvalue weighted by Crippen LogP contribution is 2.39. The molecule has 0 radical (unpaired) electrons. The fourth-order valence-corrected chi connectivity index (χ4v) is 5.66. The maximum Gasteiger partial charge on any atom is 0.270 e. The van der Waals surface area contributed by atoms with Crippen molar-refractivity contribution in [3.8, 4) is 0 Å². The van der Waals surface area contributed by atoms with Crippen molar-refractivity contribution in [2.75, 3.05) is 11.6 Å². The predicted octanol–water partition coefficient (Wildman–Crippen LogP) is 6.15. The smallest absolute Gasteiger partial charge is 0.258 e. The lowest BCUT2D eigenvalue weighted by Crippen LogP contribution is -2.29. The molecular weight excluding hydrogens is 535 g/mol. The molecule has 0 fully saturated rings. The first-order valence-corrected chi connectivity index (χ1v) is 13.0. The van der Waals surface area contributed by atoms with Gasteiger partial charge in [0.05, 0.1) is 38.8 Å². The van der Waals surface area contributed by atoms with Gasteiger partial charge in [-0.15, -0.1) is 0 Å². The Kier molecular flexibility index (Phi) is 7.35. The van der Waals surface area contributed by atoms with Crippen molar-refractivity contribution in [3.05, 3.63) is 97.0 Å². The van der Waals surface area contributed by atoms with Gasteiger partial charge in [0.25, 0.3) is 5.69 Å². The van der Waals surface area contributed by atoms with Crippen LogP contribution in [0.5, 0.6) is 0 Å². The summed E-state index contributed by atoms with van der Waals surface area (Å²) in [6, 6.07) is 15.8. The molecule has 0 aromatic heterocycles. The van der Waals surface area contributed by atoms with E-state index in [0.717, 1.165) is 11.6 Å². The monoisotopic (exact) mass is 552 g/mol. The zero-order chi connectivity index (χ0) is 25.3. The Bertz CT molecular complexity index is 1430. The molecule has 1 atom stereocenters. The van der Waals surface area contributed by atoms with E-state index < -0.39 is 14.9 Å². The molecule has 0 saturated carbocycles. The molecule has 3 aromatic rings. The number of aryl methyl sites for hydroxylation is 1. The maximum absolute atomic E-state index is 13.0. The third-order valence-corrected chi connectivity index (χ3v) is 7.86. The topological polar surface area (TPSA) is 105 Å². The highest BCUT2D eigenvalue weighted by Gasteiger charge is 2.31. The molecule has 182 valence electrons. The summed E-state index contributed by atoms with van der Waals surface area (Å²) in [4.78, 5) is 10.3. The van der Waals surface area contributed by atoms with Gasteiger partial charge in [0.2, 0.25) is 10.0 Å². The Labute approximate surface area is 217 Å². The van der Waals surface area contributed by atoms with Crippen LogP contribution in [0.15, 0.2) is 70.7 Å². The number of rotatable bonds is 7. The van der Waals surface area contributed by atoms with E-state index in [9.17, 15) is 18.5 Å². The summed E-state index contributed by atoms with van der Waals surface area (Å²) in [5, 5.41) is 18.9. The van der Waals surface area contributed by atoms with Gasteiger partial charge in [-0.05, 0) is 48.4 Å². The molecule has 4 rings (SSSR count). The third kappa shape index (κ3) is 5.60. The number of sulfonamides is 1. The zero-order valence-electron chi connectivity index (χ0n) is 18.3. The summed E-state index contributed by atoms with van der Waals surface area (Å²) in [6.07, 6.45) is 0.414. The van der Waals surface area contributed by atoms with Crippen LogP contribution in [0.4, 0.5) is 11.4 Å². The van der Waals surface area contributed by atoms with E-state index in [2.05, 4.69) is 9.82 Å². The summed E-state index contributed by atoms with van der Waals surface area (Å²) in [5.74, 6) is 0. The number of halogens is 3. The van der Waals surface area contributed by atoms with Gasteiger partial charge in [0.15, 0.2) is 0 Å². The largest absolute Gasteiger partial charge is 0.270 e. The number of nitro benzene ring substituents is 1. The number of nitrogens with zero attached hydrogens (tertiary/aromatic N) is 3. The van der Waals surface area contributed by atoms with E-state index in [1.54, 1.807) is 42.3 Å². The van der Waals surface area contributed by atoms with E-state index in [0.29, 0.717) is 38.5 Å². The maximum atomic E-state index is 13.0. The molecule has 0 bridgehead atoms. The van der Waals surface area contributed by atoms with E-state index in [-0.39, 0.29) is 23.2 Å². The summed E-state index contributed by atoms with van der Waals surface area (Å²) < 4.78 is 28.4. The average Bonchev–Trinajstić information content (AvgIpc) is 3.22. The zero-order valence-corrected chi connectivity index (χ0v) is 21.4. The minimum absolute atomic E-state index is 0.0870. The number of nitrogens with one attached hydrogen (secondary N) is 1. The molecular formula is C23H19Cl3N4O4S. The molecule has 1 aliphatic heterocycles. The second kappa shape index (κ2) is 10.1. The molecule has 0 spiro atoms. The summed E-state index contributed by atoms with van der Waals surface area (Å²) in [5.41, 5.74) is 2.17. The number of benzene rings is 3. The van der Waals surface area contributed by atoms with Crippen LogP contribution in [0, 0.1) is 17.0 Å². The van der Waals surface area contributed by atoms with Gasteiger partial charge < -0.3 is 0 Å². The molecule has 0 saturated heterocycles. The van der Waals surface area contributed by atoms with Crippen molar-refractivity contribution in [1.29, 1.82) is 0 Å². The fraction of sp³-hybridized carbons (Fsp3) is 0.174. The van der Waals surface area contributed by atoms with E-state index >= 15 is 0 Å². The van der Waals surface area contributed by atoms with E-state index in [1.165, 1.54) is 12.1 Å². The molecule has 1 aliphatic rings. The average molecular weight is 554 g/mol. The Balaban J connectivity index is 1.63. The Hall–Kier alpha value is -2.69. The number of hydrogen-bond donors (Lipinski definition) is 1. The van der Waals surface area contributed by atoms with Gasteiger partial charge in [0, 0.05) is 28.6 Å². The minimum atomic E-state index is -4.03.